The fourth-order valence-electron chi connectivity index (χ4n) is 1.07. The Morgan fingerprint density at radius 1 is 1.35 bits per heavy atom. The van der Waals surface area contributed by atoms with Crippen molar-refractivity contribution in [2.75, 3.05) is 19.8 Å². The van der Waals surface area contributed by atoms with Gasteiger partial charge < -0.3 is 9.47 Å². The number of ether oxygens (including phenoxy) is 2. The van der Waals surface area contributed by atoms with Crippen molar-refractivity contribution in [3.63, 3.8) is 0 Å². The lowest BCUT2D eigenvalue weighted by molar-refractivity contribution is -0.139. The van der Waals surface area contributed by atoms with Crippen LogP contribution in [0.1, 0.15) is 33.1 Å². The Labute approximate surface area is 103 Å². The molecule has 17 heavy (non-hydrogen) atoms. The summed E-state index contributed by atoms with van der Waals surface area (Å²) in [4.78, 5) is 11.0. The number of nitriles is 1. The van der Waals surface area contributed by atoms with Gasteiger partial charge in [0, 0.05) is 12.2 Å². The second-order valence-corrected chi connectivity index (χ2v) is 4.08. The molecule has 0 bridgehead atoms. The predicted molar refractivity (Wildman–Crippen MR) is 65.2 cm³/mol. The molecule has 4 heteroatoms. The Balaban J connectivity index is 3.22. The van der Waals surface area contributed by atoms with E-state index in [1.54, 1.807) is 6.92 Å². The van der Waals surface area contributed by atoms with Gasteiger partial charge in [-0.05, 0) is 33.1 Å². The Morgan fingerprint density at radius 3 is 2.59 bits per heavy atom. The van der Waals surface area contributed by atoms with Gasteiger partial charge in [-0.1, -0.05) is 6.58 Å². The van der Waals surface area contributed by atoms with Crippen molar-refractivity contribution in [2.45, 2.75) is 33.1 Å². The largest absolute Gasteiger partial charge is 0.462 e. The Bertz CT molecular complexity index is 281. The monoisotopic (exact) mass is 239 g/mol. The standard InChI is InChI=1S/C13H21NO3/c1-11(2)13(15)17-8-6-4-5-7-16-10-12(3)9-14/h12H,1,4-8,10H2,2-3H3. The van der Waals surface area contributed by atoms with Crippen LogP contribution in [0.3, 0.4) is 0 Å². The Morgan fingerprint density at radius 2 is 2.00 bits per heavy atom. The van der Waals surface area contributed by atoms with E-state index < -0.39 is 0 Å². The Hall–Kier alpha value is -1.34. The number of hydrogen-bond acceptors (Lipinski definition) is 4. The summed E-state index contributed by atoms with van der Waals surface area (Å²) in [6.45, 7) is 8.53. The minimum Gasteiger partial charge on any atom is -0.462 e. The molecule has 0 N–H and O–H groups in total. The molecule has 0 aromatic carbocycles. The third kappa shape index (κ3) is 9.58. The van der Waals surface area contributed by atoms with Crippen LogP contribution in [-0.4, -0.2) is 25.8 Å². The van der Waals surface area contributed by atoms with Gasteiger partial charge >= 0.3 is 5.97 Å². The third-order valence-corrected chi connectivity index (χ3v) is 2.10. The van der Waals surface area contributed by atoms with Crippen LogP contribution in [0.4, 0.5) is 0 Å². The summed E-state index contributed by atoms with van der Waals surface area (Å²) in [5, 5.41) is 8.52. The quantitative estimate of drug-likeness (QED) is 0.352. The molecule has 0 saturated heterocycles. The van der Waals surface area contributed by atoms with E-state index in [0.29, 0.717) is 25.4 Å². The molecule has 96 valence electrons. The molecule has 0 amide bonds. The molecular formula is C13H21NO3. The minimum atomic E-state index is -0.330. The average molecular weight is 239 g/mol. The first-order valence-corrected chi connectivity index (χ1v) is 5.88. The molecule has 1 unspecified atom stereocenters. The van der Waals surface area contributed by atoms with E-state index in [1.165, 1.54) is 0 Å². The second kappa shape index (κ2) is 9.86. The first-order chi connectivity index (χ1) is 8.07. The maximum atomic E-state index is 11.0. The van der Waals surface area contributed by atoms with Crippen LogP contribution in [0.5, 0.6) is 0 Å². The molecule has 0 aliphatic rings. The maximum Gasteiger partial charge on any atom is 0.333 e. The highest BCUT2D eigenvalue weighted by Crippen LogP contribution is 2.00. The molecule has 0 aromatic rings. The Kier molecular flexibility index (Phi) is 9.08. The van der Waals surface area contributed by atoms with Gasteiger partial charge in [0.15, 0.2) is 0 Å². The van der Waals surface area contributed by atoms with Crippen LogP contribution >= 0.6 is 0 Å². The van der Waals surface area contributed by atoms with Crippen molar-refractivity contribution in [2.24, 2.45) is 5.92 Å². The average Bonchev–Trinajstić information content (AvgIpc) is 2.31. The number of esters is 1. The molecule has 0 aliphatic heterocycles. The molecular weight excluding hydrogens is 218 g/mol. The fraction of sp³-hybridized carbons (Fsp3) is 0.692. The number of nitrogens with zero attached hydrogens (tertiary/aromatic N) is 1. The molecule has 0 fully saturated rings. The van der Waals surface area contributed by atoms with Crippen LogP contribution in [0.25, 0.3) is 0 Å². The topological polar surface area (TPSA) is 59.3 Å². The van der Waals surface area contributed by atoms with E-state index in [4.69, 9.17) is 14.7 Å². The summed E-state index contributed by atoms with van der Waals surface area (Å²) in [6.07, 6.45) is 2.70. The van der Waals surface area contributed by atoms with Crippen LogP contribution in [0.2, 0.25) is 0 Å². The number of carbonyl (C=O) groups is 1. The second-order valence-electron chi connectivity index (χ2n) is 4.08. The third-order valence-electron chi connectivity index (χ3n) is 2.10. The first-order valence-electron chi connectivity index (χ1n) is 5.88. The molecule has 4 nitrogen and oxygen atoms in total. The molecule has 0 heterocycles. The van der Waals surface area contributed by atoms with Crippen molar-refractivity contribution >= 4 is 5.97 Å². The molecule has 0 spiro atoms. The molecule has 1 atom stereocenters. The summed E-state index contributed by atoms with van der Waals surface area (Å²) in [7, 11) is 0. The van der Waals surface area contributed by atoms with Gasteiger partial charge in [0.25, 0.3) is 0 Å². The van der Waals surface area contributed by atoms with Gasteiger partial charge in [-0.3, -0.25) is 0 Å². The minimum absolute atomic E-state index is 0.0495. The lowest BCUT2D eigenvalue weighted by Gasteiger charge is -2.06. The van der Waals surface area contributed by atoms with E-state index >= 15 is 0 Å². The zero-order chi connectivity index (χ0) is 13.1. The lowest BCUT2D eigenvalue weighted by Crippen LogP contribution is -2.07. The van der Waals surface area contributed by atoms with Crippen molar-refractivity contribution < 1.29 is 14.3 Å². The van der Waals surface area contributed by atoms with Gasteiger partial charge in [-0.2, -0.15) is 5.26 Å². The molecule has 0 saturated carbocycles. The first kappa shape index (κ1) is 15.7. The van der Waals surface area contributed by atoms with Crippen molar-refractivity contribution in [3.8, 4) is 6.07 Å². The summed E-state index contributed by atoms with van der Waals surface area (Å²) in [5.74, 6) is -0.379. The van der Waals surface area contributed by atoms with E-state index in [-0.39, 0.29) is 11.9 Å². The fourth-order valence-corrected chi connectivity index (χ4v) is 1.07. The summed E-state index contributed by atoms with van der Waals surface area (Å²) < 4.78 is 10.3. The molecule has 0 rings (SSSR count). The zero-order valence-electron chi connectivity index (χ0n) is 10.7. The van der Waals surface area contributed by atoms with Crippen LogP contribution in [-0.2, 0) is 14.3 Å². The lowest BCUT2D eigenvalue weighted by atomic mass is 10.2. The van der Waals surface area contributed by atoms with Crippen LogP contribution in [0, 0.1) is 17.2 Å². The predicted octanol–water partition coefficient (Wildman–Crippen LogP) is 2.45. The zero-order valence-corrected chi connectivity index (χ0v) is 10.7. The van der Waals surface area contributed by atoms with Crippen molar-refractivity contribution in [1.29, 1.82) is 5.26 Å². The molecule has 0 aliphatic carbocycles. The van der Waals surface area contributed by atoms with E-state index in [9.17, 15) is 4.79 Å². The highest BCUT2D eigenvalue weighted by molar-refractivity contribution is 5.86. The van der Waals surface area contributed by atoms with E-state index in [1.807, 2.05) is 6.92 Å². The van der Waals surface area contributed by atoms with Gasteiger partial charge in [-0.15, -0.1) is 0 Å². The van der Waals surface area contributed by atoms with Gasteiger partial charge in [-0.25, -0.2) is 4.79 Å². The SMILES string of the molecule is C=C(C)C(=O)OCCCCCOCC(C)C#N. The van der Waals surface area contributed by atoms with Gasteiger partial charge in [0.1, 0.15) is 0 Å². The number of rotatable bonds is 9. The number of hydrogen-bond donors (Lipinski definition) is 0. The van der Waals surface area contributed by atoms with Gasteiger partial charge in [0.2, 0.25) is 0 Å². The normalized spacial score (nSPS) is 11.6. The van der Waals surface area contributed by atoms with Gasteiger partial charge in [0.05, 0.1) is 25.2 Å². The number of carbonyl (C=O) groups excluding carboxylic acids is 1. The van der Waals surface area contributed by atoms with Crippen LogP contribution < -0.4 is 0 Å². The van der Waals surface area contributed by atoms with Crippen molar-refractivity contribution in [3.05, 3.63) is 12.2 Å². The summed E-state index contributed by atoms with van der Waals surface area (Å²) >= 11 is 0. The van der Waals surface area contributed by atoms with E-state index in [2.05, 4.69) is 12.6 Å². The summed E-state index contributed by atoms with van der Waals surface area (Å²) in [6, 6.07) is 2.11. The highest BCUT2D eigenvalue weighted by atomic mass is 16.5. The maximum absolute atomic E-state index is 11.0. The highest BCUT2D eigenvalue weighted by Gasteiger charge is 2.02. The molecule has 0 radical (unpaired) electrons. The smallest absolute Gasteiger partial charge is 0.333 e. The molecule has 0 aromatic heterocycles. The van der Waals surface area contributed by atoms with E-state index in [0.717, 1.165) is 19.3 Å². The summed E-state index contributed by atoms with van der Waals surface area (Å²) in [5.41, 5.74) is 0.429. The van der Waals surface area contributed by atoms with Crippen molar-refractivity contribution in [1.82, 2.24) is 0 Å². The number of unbranched alkanes of at least 4 members (excludes halogenated alkanes) is 2. The van der Waals surface area contributed by atoms with Crippen LogP contribution in [0.15, 0.2) is 12.2 Å².